The highest BCUT2D eigenvalue weighted by Gasteiger charge is 2.25. The van der Waals surface area contributed by atoms with Gasteiger partial charge in [-0.25, -0.2) is 0 Å². The minimum Gasteiger partial charge on any atom is -0.338 e. The lowest BCUT2D eigenvalue weighted by Crippen LogP contribution is -2.43. The third-order valence-corrected chi connectivity index (χ3v) is 4.34. The van der Waals surface area contributed by atoms with Crippen LogP contribution in [0, 0.1) is 5.92 Å². The van der Waals surface area contributed by atoms with E-state index >= 15 is 0 Å². The van der Waals surface area contributed by atoms with E-state index in [9.17, 15) is 4.79 Å². The van der Waals surface area contributed by atoms with Crippen LogP contribution in [0.5, 0.6) is 0 Å². The van der Waals surface area contributed by atoms with Crippen molar-refractivity contribution in [3.8, 4) is 0 Å². The fourth-order valence-electron chi connectivity index (χ4n) is 2.65. The molecule has 1 aromatic carbocycles. The lowest BCUT2D eigenvalue weighted by atomic mass is 9.97. The van der Waals surface area contributed by atoms with E-state index in [0.717, 1.165) is 32.5 Å². The van der Waals surface area contributed by atoms with E-state index in [1.54, 1.807) is 18.2 Å². The molecule has 0 aromatic heterocycles. The molecule has 1 aliphatic heterocycles. The van der Waals surface area contributed by atoms with Gasteiger partial charge >= 0.3 is 0 Å². The maximum Gasteiger partial charge on any atom is 0.255 e. The maximum atomic E-state index is 12.6. The molecule has 116 valence electrons. The van der Waals surface area contributed by atoms with Crippen molar-refractivity contribution in [2.75, 3.05) is 19.6 Å². The maximum absolute atomic E-state index is 12.6. The molecule has 1 unspecified atom stereocenters. The van der Waals surface area contributed by atoms with Gasteiger partial charge in [0.25, 0.3) is 5.91 Å². The van der Waals surface area contributed by atoms with Crippen LogP contribution in [0.1, 0.15) is 37.0 Å². The number of benzene rings is 1. The van der Waals surface area contributed by atoms with Crippen molar-refractivity contribution in [2.45, 2.75) is 32.7 Å². The van der Waals surface area contributed by atoms with E-state index in [0.29, 0.717) is 27.6 Å². The summed E-state index contributed by atoms with van der Waals surface area (Å²) < 4.78 is 0. The summed E-state index contributed by atoms with van der Waals surface area (Å²) in [5, 5.41) is 4.45. The largest absolute Gasteiger partial charge is 0.338 e. The molecule has 1 N–H and O–H groups in total. The van der Waals surface area contributed by atoms with Crippen LogP contribution >= 0.6 is 23.2 Å². The van der Waals surface area contributed by atoms with Crippen LogP contribution < -0.4 is 5.32 Å². The fourth-order valence-corrected chi connectivity index (χ4v) is 3.02. The zero-order chi connectivity index (χ0) is 15.4. The van der Waals surface area contributed by atoms with Crippen LogP contribution in [0.4, 0.5) is 0 Å². The number of hydrogen-bond acceptors (Lipinski definition) is 2. The molecule has 0 spiro atoms. The first kappa shape index (κ1) is 16.6. The molecule has 1 saturated heterocycles. The number of rotatable bonds is 4. The lowest BCUT2D eigenvalue weighted by molar-refractivity contribution is 0.0672. The average Bonchev–Trinajstić information content (AvgIpc) is 2.47. The van der Waals surface area contributed by atoms with Crippen molar-refractivity contribution in [3.05, 3.63) is 33.8 Å². The SMILES string of the molecule is CC(C)NCC1CCCN(C(=O)c2cc(Cl)ccc2Cl)C1. The number of carbonyl (C=O) groups is 1. The van der Waals surface area contributed by atoms with E-state index < -0.39 is 0 Å². The van der Waals surface area contributed by atoms with Gasteiger partial charge in [0, 0.05) is 24.2 Å². The molecule has 0 radical (unpaired) electrons. The predicted molar refractivity (Wildman–Crippen MR) is 88.2 cm³/mol. The van der Waals surface area contributed by atoms with Gasteiger partial charge in [-0.1, -0.05) is 37.0 Å². The van der Waals surface area contributed by atoms with E-state index in [1.807, 2.05) is 4.90 Å². The summed E-state index contributed by atoms with van der Waals surface area (Å²) in [5.41, 5.74) is 0.502. The number of nitrogens with zero attached hydrogens (tertiary/aromatic N) is 1. The average molecular weight is 329 g/mol. The lowest BCUT2D eigenvalue weighted by Gasteiger charge is -2.33. The molecule has 2 rings (SSSR count). The van der Waals surface area contributed by atoms with Gasteiger partial charge in [0.2, 0.25) is 0 Å². The van der Waals surface area contributed by atoms with Crippen molar-refractivity contribution < 1.29 is 4.79 Å². The van der Waals surface area contributed by atoms with Crippen molar-refractivity contribution in [1.82, 2.24) is 10.2 Å². The normalized spacial score (nSPS) is 19.1. The van der Waals surface area contributed by atoms with E-state index in [1.165, 1.54) is 0 Å². The molecule has 5 heteroatoms. The first-order valence-corrected chi connectivity index (χ1v) is 8.20. The second-order valence-corrected chi connectivity index (χ2v) is 6.79. The Morgan fingerprint density at radius 1 is 1.43 bits per heavy atom. The minimum atomic E-state index is -0.0169. The number of hydrogen-bond donors (Lipinski definition) is 1. The van der Waals surface area contributed by atoms with Crippen LogP contribution in [-0.2, 0) is 0 Å². The quantitative estimate of drug-likeness (QED) is 0.910. The van der Waals surface area contributed by atoms with Gasteiger partial charge < -0.3 is 10.2 Å². The molecular weight excluding hydrogens is 307 g/mol. The first-order chi connectivity index (χ1) is 9.97. The summed E-state index contributed by atoms with van der Waals surface area (Å²) in [6, 6.07) is 5.51. The highest BCUT2D eigenvalue weighted by Crippen LogP contribution is 2.24. The molecule has 3 nitrogen and oxygen atoms in total. The highest BCUT2D eigenvalue weighted by atomic mass is 35.5. The van der Waals surface area contributed by atoms with Crippen molar-refractivity contribution in [1.29, 1.82) is 0 Å². The summed E-state index contributed by atoms with van der Waals surface area (Å²) in [4.78, 5) is 14.5. The van der Waals surface area contributed by atoms with Crippen molar-refractivity contribution in [2.24, 2.45) is 5.92 Å². The molecule has 1 aromatic rings. The van der Waals surface area contributed by atoms with Gasteiger partial charge in [-0.3, -0.25) is 4.79 Å². The Morgan fingerprint density at radius 3 is 2.90 bits per heavy atom. The first-order valence-electron chi connectivity index (χ1n) is 7.45. The summed E-state index contributed by atoms with van der Waals surface area (Å²) >= 11 is 12.1. The Morgan fingerprint density at radius 2 is 2.19 bits per heavy atom. The van der Waals surface area contributed by atoms with Gasteiger partial charge in [-0.15, -0.1) is 0 Å². The molecule has 1 atom stereocenters. The Labute approximate surface area is 136 Å². The van der Waals surface area contributed by atoms with Crippen LogP contribution in [0.25, 0.3) is 0 Å². The number of carbonyl (C=O) groups excluding carboxylic acids is 1. The van der Waals surface area contributed by atoms with Gasteiger partial charge in [0.15, 0.2) is 0 Å². The van der Waals surface area contributed by atoms with Crippen LogP contribution in [-0.4, -0.2) is 36.5 Å². The van der Waals surface area contributed by atoms with Crippen LogP contribution in [0.3, 0.4) is 0 Å². The summed E-state index contributed by atoms with van der Waals surface area (Å²) in [6.07, 6.45) is 2.20. The topological polar surface area (TPSA) is 32.3 Å². The van der Waals surface area contributed by atoms with Crippen LogP contribution in [0.15, 0.2) is 18.2 Å². The smallest absolute Gasteiger partial charge is 0.255 e. The summed E-state index contributed by atoms with van der Waals surface area (Å²) in [7, 11) is 0. The summed E-state index contributed by atoms with van der Waals surface area (Å²) in [5.74, 6) is 0.486. The number of likely N-dealkylation sites (tertiary alicyclic amines) is 1. The second kappa shape index (κ2) is 7.48. The van der Waals surface area contributed by atoms with Crippen molar-refractivity contribution >= 4 is 29.1 Å². The third-order valence-electron chi connectivity index (χ3n) is 3.78. The summed E-state index contributed by atoms with van der Waals surface area (Å²) in [6.45, 7) is 6.79. The molecule has 0 saturated carbocycles. The van der Waals surface area contributed by atoms with Gasteiger partial charge in [-0.05, 0) is 43.5 Å². The Hall–Kier alpha value is -0.770. The minimum absolute atomic E-state index is 0.0169. The third kappa shape index (κ3) is 4.60. The fraction of sp³-hybridized carbons (Fsp3) is 0.562. The zero-order valence-electron chi connectivity index (χ0n) is 12.5. The molecule has 1 aliphatic rings. The molecule has 1 heterocycles. The van der Waals surface area contributed by atoms with Gasteiger partial charge in [0.1, 0.15) is 0 Å². The second-order valence-electron chi connectivity index (χ2n) is 5.95. The monoisotopic (exact) mass is 328 g/mol. The molecule has 1 fully saturated rings. The molecule has 0 aliphatic carbocycles. The van der Waals surface area contributed by atoms with Crippen molar-refractivity contribution in [3.63, 3.8) is 0 Å². The number of halogens is 2. The molecule has 21 heavy (non-hydrogen) atoms. The van der Waals surface area contributed by atoms with Crippen LogP contribution in [0.2, 0.25) is 10.0 Å². The number of nitrogens with one attached hydrogen (secondary N) is 1. The van der Waals surface area contributed by atoms with E-state index in [-0.39, 0.29) is 5.91 Å². The van der Waals surface area contributed by atoms with E-state index in [2.05, 4.69) is 19.2 Å². The predicted octanol–water partition coefficient (Wildman–Crippen LogP) is 3.84. The Balaban J connectivity index is 2.03. The van der Waals surface area contributed by atoms with Gasteiger partial charge in [-0.2, -0.15) is 0 Å². The molecule has 1 amide bonds. The van der Waals surface area contributed by atoms with E-state index in [4.69, 9.17) is 23.2 Å². The standard InChI is InChI=1S/C16H22Cl2N2O/c1-11(2)19-9-12-4-3-7-20(10-12)16(21)14-8-13(17)5-6-15(14)18/h5-6,8,11-12,19H,3-4,7,9-10H2,1-2H3. The molecular formula is C16H22Cl2N2O. The Bertz CT molecular complexity index is 505. The number of amides is 1. The Kier molecular flexibility index (Phi) is 5.91. The zero-order valence-corrected chi connectivity index (χ0v) is 14.0. The highest BCUT2D eigenvalue weighted by molar-refractivity contribution is 6.35. The van der Waals surface area contributed by atoms with Gasteiger partial charge in [0.05, 0.1) is 10.6 Å². The molecule has 0 bridgehead atoms. The number of piperidine rings is 1.